The Labute approximate surface area is 99.4 Å². The molecular weight excluding hydrogens is 220 g/mol. The Morgan fingerprint density at radius 3 is 2.94 bits per heavy atom. The number of rotatable bonds is 3. The normalized spacial score (nSPS) is 13.4. The quantitative estimate of drug-likeness (QED) is 0.640. The van der Waals surface area contributed by atoms with Crippen molar-refractivity contribution >= 4 is 12.1 Å². The number of hydrogen-bond donors (Lipinski definition) is 1. The number of benzene rings is 1. The summed E-state index contributed by atoms with van der Waals surface area (Å²) in [5, 5.41) is 3.84. The highest BCUT2D eigenvalue weighted by Crippen LogP contribution is 2.32. The summed E-state index contributed by atoms with van der Waals surface area (Å²) in [5.74, 6) is 1.28. The van der Waals surface area contributed by atoms with Crippen LogP contribution < -0.4 is 14.9 Å². The van der Waals surface area contributed by atoms with Crippen LogP contribution in [0.3, 0.4) is 0 Å². The van der Waals surface area contributed by atoms with E-state index in [1.165, 1.54) is 0 Å². The minimum atomic E-state index is -0.264. The van der Waals surface area contributed by atoms with E-state index in [2.05, 4.69) is 10.5 Å². The molecule has 5 nitrogen and oxygen atoms in total. The summed E-state index contributed by atoms with van der Waals surface area (Å²) in [7, 11) is 0. The number of hydrogen-bond acceptors (Lipinski definition) is 4. The summed E-state index contributed by atoms with van der Waals surface area (Å²) in [6.45, 7) is 4.17. The molecule has 0 radical (unpaired) electrons. The van der Waals surface area contributed by atoms with Gasteiger partial charge in [0.05, 0.1) is 0 Å². The predicted octanol–water partition coefficient (Wildman–Crippen LogP) is 1.79. The highest BCUT2D eigenvalue weighted by Gasteiger charge is 2.15. The van der Waals surface area contributed by atoms with Crippen molar-refractivity contribution in [3.05, 3.63) is 23.8 Å². The van der Waals surface area contributed by atoms with E-state index < -0.39 is 0 Å². The first-order chi connectivity index (χ1) is 8.16. The zero-order valence-electron chi connectivity index (χ0n) is 9.77. The van der Waals surface area contributed by atoms with Crippen LogP contribution >= 0.6 is 0 Å². The molecule has 2 rings (SSSR count). The lowest BCUT2D eigenvalue weighted by Crippen LogP contribution is -2.17. The van der Waals surface area contributed by atoms with E-state index in [9.17, 15) is 4.79 Å². The van der Waals surface area contributed by atoms with E-state index in [1.54, 1.807) is 24.4 Å². The second-order valence-corrected chi connectivity index (χ2v) is 4.03. The lowest BCUT2D eigenvalue weighted by Gasteiger charge is -2.01. The van der Waals surface area contributed by atoms with Crippen molar-refractivity contribution in [3.63, 3.8) is 0 Å². The van der Waals surface area contributed by atoms with Crippen molar-refractivity contribution in [1.29, 1.82) is 0 Å². The fraction of sp³-hybridized carbons (Fsp3) is 0.333. The number of hydrazone groups is 1. The number of ether oxygens (including phenoxy) is 2. The monoisotopic (exact) mass is 234 g/mol. The van der Waals surface area contributed by atoms with Crippen LogP contribution in [0.15, 0.2) is 23.3 Å². The molecule has 1 aliphatic rings. The van der Waals surface area contributed by atoms with Gasteiger partial charge in [0, 0.05) is 11.8 Å². The average molecular weight is 234 g/mol. The summed E-state index contributed by atoms with van der Waals surface area (Å²) in [6, 6.07) is 5.03. The van der Waals surface area contributed by atoms with Crippen molar-refractivity contribution in [2.75, 3.05) is 6.79 Å². The fourth-order valence-electron chi connectivity index (χ4n) is 1.35. The molecule has 1 aliphatic heterocycles. The molecule has 0 saturated carbocycles. The zero-order chi connectivity index (χ0) is 12.3. The van der Waals surface area contributed by atoms with Crippen LogP contribution in [0.2, 0.25) is 0 Å². The molecule has 1 aromatic rings. The Hall–Kier alpha value is -2.04. The van der Waals surface area contributed by atoms with Crippen LogP contribution in [-0.4, -0.2) is 18.9 Å². The molecule has 1 amide bonds. The van der Waals surface area contributed by atoms with Crippen LogP contribution in [0.1, 0.15) is 24.2 Å². The largest absolute Gasteiger partial charge is 0.454 e. The standard InChI is InChI=1S/C12H14N2O3/c1-8(2)6-13-14-12(15)9-3-4-10-11(5-9)17-7-16-10/h3-6,8H,7H2,1-2H3,(H,14,15). The van der Waals surface area contributed by atoms with Gasteiger partial charge in [-0.25, -0.2) is 5.43 Å². The first-order valence-electron chi connectivity index (χ1n) is 5.40. The number of fused-ring (bicyclic) bond motifs is 1. The van der Waals surface area contributed by atoms with Crippen LogP contribution in [-0.2, 0) is 0 Å². The Kier molecular flexibility index (Phi) is 3.27. The lowest BCUT2D eigenvalue weighted by molar-refractivity contribution is 0.0954. The lowest BCUT2D eigenvalue weighted by atomic mass is 10.2. The van der Waals surface area contributed by atoms with Gasteiger partial charge in [-0.2, -0.15) is 5.10 Å². The van der Waals surface area contributed by atoms with Crippen molar-refractivity contribution < 1.29 is 14.3 Å². The van der Waals surface area contributed by atoms with E-state index in [4.69, 9.17) is 9.47 Å². The second-order valence-electron chi connectivity index (χ2n) is 4.03. The summed E-state index contributed by atoms with van der Waals surface area (Å²) >= 11 is 0. The number of nitrogens with one attached hydrogen (secondary N) is 1. The van der Waals surface area contributed by atoms with E-state index in [1.807, 2.05) is 13.8 Å². The molecule has 0 unspecified atom stereocenters. The van der Waals surface area contributed by atoms with E-state index in [0.29, 0.717) is 23.0 Å². The summed E-state index contributed by atoms with van der Waals surface area (Å²) < 4.78 is 10.4. The first-order valence-corrected chi connectivity index (χ1v) is 5.40. The van der Waals surface area contributed by atoms with Crippen LogP contribution in [0.5, 0.6) is 11.5 Å². The third-order valence-electron chi connectivity index (χ3n) is 2.17. The van der Waals surface area contributed by atoms with Gasteiger partial charge in [0.1, 0.15) is 0 Å². The first kappa shape index (κ1) is 11.4. The maximum Gasteiger partial charge on any atom is 0.271 e. The van der Waals surface area contributed by atoms with Gasteiger partial charge in [0.15, 0.2) is 11.5 Å². The maximum absolute atomic E-state index is 11.7. The van der Waals surface area contributed by atoms with Crippen molar-refractivity contribution in [2.45, 2.75) is 13.8 Å². The molecule has 0 saturated heterocycles. The molecule has 17 heavy (non-hydrogen) atoms. The molecule has 0 bridgehead atoms. The van der Waals surface area contributed by atoms with Gasteiger partial charge in [-0.1, -0.05) is 13.8 Å². The van der Waals surface area contributed by atoms with Gasteiger partial charge in [-0.05, 0) is 24.1 Å². The molecule has 1 N–H and O–H groups in total. The van der Waals surface area contributed by atoms with E-state index >= 15 is 0 Å². The van der Waals surface area contributed by atoms with Crippen LogP contribution in [0, 0.1) is 5.92 Å². The van der Waals surface area contributed by atoms with Gasteiger partial charge >= 0.3 is 0 Å². The molecule has 1 heterocycles. The fourth-order valence-corrected chi connectivity index (χ4v) is 1.35. The maximum atomic E-state index is 11.7. The third kappa shape index (κ3) is 2.75. The van der Waals surface area contributed by atoms with Crippen LogP contribution in [0.4, 0.5) is 0 Å². The minimum absolute atomic E-state index is 0.200. The minimum Gasteiger partial charge on any atom is -0.454 e. The molecule has 0 spiro atoms. The summed E-state index contributed by atoms with van der Waals surface area (Å²) in [5.41, 5.74) is 2.95. The Balaban J connectivity index is 2.05. The van der Waals surface area contributed by atoms with Crippen molar-refractivity contribution in [3.8, 4) is 11.5 Å². The SMILES string of the molecule is CC(C)C=NNC(=O)c1ccc2c(c1)OCO2. The average Bonchev–Trinajstić information content (AvgIpc) is 2.75. The molecule has 90 valence electrons. The predicted molar refractivity (Wildman–Crippen MR) is 63.4 cm³/mol. The summed E-state index contributed by atoms with van der Waals surface area (Å²) in [4.78, 5) is 11.7. The van der Waals surface area contributed by atoms with E-state index in [-0.39, 0.29) is 12.7 Å². The molecule has 0 aliphatic carbocycles. The zero-order valence-corrected chi connectivity index (χ0v) is 9.77. The smallest absolute Gasteiger partial charge is 0.271 e. The second kappa shape index (κ2) is 4.86. The van der Waals surface area contributed by atoms with Gasteiger partial charge in [0.2, 0.25) is 6.79 Å². The molecule has 0 fully saturated rings. The van der Waals surface area contributed by atoms with E-state index in [0.717, 1.165) is 0 Å². The highest BCUT2D eigenvalue weighted by atomic mass is 16.7. The highest BCUT2D eigenvalue weighted by molar-refractivity contribution is 5.95. The molecule has 1 aromatic carbocycles. The Morgan fingerprint density at radius 1 is 1.41 bits per heavy atom. The molecule has 5 heteroatoms. The topological polar surface area (TPSA) is 59.9 Å². The molecular formula is C12H14N2O3. The van der Waals surface area contributed by atoms with Crippen molar-refractivity contribution in [1.82, 2.24) is 5.43 Å². The van der Waals surface area contributed by atoms with Gasteiger partial charge in [0.25, 0.3) is 5.91 Å². The van der Waals surface area contributed by atoms with Crippen LogP contribution in [0.25, 0.3) is 0 Å². The van der Waals surface area contributed by atoms with Crippen molar-refractivity contribution in [2.24, 2.45) is 11.0 Å². The van der Waals surface area contributed by atoms with Gasteiger partial charge in [-0.3, -0.25) is 4.79 Å². The van der Waals surface area contributed by atoms with Gasteiger partial charge in [-0.15, -0.1) is 0 Å². The summed E-state index contributed by atoms with van der Waals surface area (Å²) in [6.07, 6.45) is 1.67. The number of amides is 1. The number of nitrogens with zero attached hydrogens (tertiary/aromatic N) is 1. The Morgan fingerprint density at radius 2 is 2.18 bits per heavy atom. The Bertz CT molecular complexity index is 455. The third-order valence-corrected chi connectivity index (χ3v) is 2.17. The number of carbonyl (C=O) groups excluding carboxylic acids is 1. The molecule has 0 aromatic heterocycles. The molecule has 0 atom stereocenters. The van der Waals surface area contributed by atoms with Gasteiger partial charge < -0.3 is 9.47 Å². The number of carbonyl (C=O) groups is 1.